The first-order chi connectivity index (χ1) is 19.1. The summed E-state index contributed by atoms with van der Waals surface area (Å²) in [6.45, 7) is 5.92. The predicted octanol–water partition coefficient (Wildman–Crippen LogP) is 4.72. The number of aliphatic hydroxyl groups excluding tert-OH is 1. The third kappa shape index (κ3) is 4.62. The Morgan fingerprint density at radius 1 is 1.07 bits per heavy atom. The normalized spacial score (nSPS) is 23.9. The number of rotatable bonds is 9. The van der Waals surface area contributed by atoms with Crippen molar-refractivity contribution in [2.75, 3.05) is 23.5 Å². The van der Waals surface area contributed by atoms with Crippen molar-refractivity contribution in [2.24, 2.45) is 5.92 Å². The molecule has 2 aliphatic heterocycles. The van der Waals surface area contributed by atoms with Crippen molar-refractivity contribution < 1.29 is 29.0 Å². The smallest absolute Gasteiger partial charge is 0.264 e. The summed E-state index contributed by atoms with van der Waals surface area (Å²) in [4.78, 5) is 40.8. The standard InChI is InChI=1S/C31H36N2O6Si/c1-21-29(40(3,4)37)28(16-17-34)39-31(21)26-18-25(38-2)14-15-27(26)32(30(31)36)19-22-10-12-24(13-11-22)33(20-35)23-8-6-5-7-9-23/h5-15,18,20-21,28-29,34,37H,16-17,19H2,1-4H3/t21-,28+,29-,31+/m1/s1. The number of aliphatic hydroxyl groups is 1. The minimum absolute atomic E-state index is 0.0928. The number of fused-ring (bicyclic) bond motifs is 2. The van der Waals surface area contributed by atoms with Crippen molar-refractivity contribution in [1.82, 2.24) is 0 Å². The lowest BCUT2D eigenvalue weighted by Crippen LogP contribution is -2.46. The zero-order valence-electron chi connectivity index (χ0n) is 23.3. The molecule has 1 spiro atoms. The number of carbonyl (C=O) groups is 2. The fraction of sp³-hybridized carbons (Fsp3) is 0.355. The molecule has 2 N–H and O–H groups in total. The Bertz CT molecular complexity index is 1380. The van der Waals surface area contributed by atoms with Gasteiger partial charge in [0, 0.05) is 35.0 Å². The quantitative estimate of drug-likeness (QED) is 0.290. The molecule has 2 heterocycles. The number of ether oxygens (including phenoxy) is 2. The molecule has 1 saturated heterocycles. The molecule has 0 aromatic heterocycles. The van der Waals surface area contributed by atoms with Gasteiger partial charge < -0.3 is 24.3 Å². The molecule has 0 radical (unpaired) electrons. The summed E-state index contributed by atoms with van der Waals surface area (Å²) in [6, 6.07) is 22.5. The largest absolute Gasteiger partial charge is 0.497 e. The number of hydrogen-bond donors (Lipinski definition) is 2. The van der Waals surface area contributed by atoms with Crippen molar-refractivity contribution >= 4 is 37.7 Å². The number of nitrogens with zero attached hydrogens (tertiary/aromatic N) is 2. The van der Waals surface area contributed by atoms with Gasteiger partial charge in [-0.25, -0.2) is 0 Å². The van der Waals surface area contributed by atoms with E-state index < -0.39 is 20.0 Å². The van der Waals surface area contributed by atoms with Crippen LogP contribution in [0.4, 0.5) is 17.1 Å². The van der Waals surface area contributed by atoms with Gasteiger partial charge in [0.05, 0.1) is 25.4 Å². The lowest BCUT2D eigenvalue weighted by atomic mass is 9.82. The molecule has 0 saturated carbocycles. The van der Waals surface area contributed by atoms with Crippen molar-refractivity contribution in [3.63, 3.8) is 0 Å². The van der Waals surface area contributed by atoms with Crippen LogP contribution in [0.15, 0.2) is 72.8 Å². The summed E-state index contributed by atoms with van der Waals surface area (Å²) >= 11 is 0. The zero-order valence-corrected chi connectivity index (χ0v) is 24.3. The van der Waals surface area contributed by atoms with Gasteiger partial charge in [0.1, 0.15) is 5.75 Å². The molecule has 2 aliphatic rings. The molecular formula is C31H36N2O6Si. The minimum atomic E-state index is -2.77. The highest BCUT2D eigenvalue weighted by Gasteiger charge is 2.66. The molecule has 5 rings (SSSR count). The SMILES string of the molecule is COc1ccc2c(c1)[C@]1(O[C@@H](CCO)[C@H]([Si](C)(C)O)[C@H]1C)C(=O)N2Cc1ccc(N(C=O)c2ccccc2)cc1. The van der Waals surface area contributed by atoms with E-state index in [9.17, 15) is 19.5 Å². The molecule has 40 heavy (non-hydrogen) atoms. The van der Waals surface area contributed by atoms with Gasteiger partial charge in [0.2, 0.25) is 6.41 Å². The highest BCUT2D eigenvalue weighted by molar-refractivity contribution is 6.71. The van der Waals surface area contributed by atoms with E-state index in [1.54, 1.807) is 16.9 Å². The third-order valence-electron chi connectivity index (χ3n) is 8.30. The minimum Gasteiger partial charge on any atom is -0.497 e. The molecule has 9 heteroatoms. The van der Waals surface area contributed by atoms with Gasteiger partial charge in [-0.05, 0) is 67.5 Å². The summed E-state index contributed by atoms with van der Waals surface area (Å²) in [7, 11) is -1.18. The van der Waals surface area contributed by atoms with Crippen LogP contribution in [0.5, 0.6) is 5.75 Å². The van der Waals surface area contributed by atoms with Gasteiger partial charge in [-0.15, -0.1) is 0 Å². The van der Waals surface area contributed by atoms with Crippen LogP contribution in [0.3, 0.4) is 0 Å². The maximum atomic E-state index is 14.4. The maximum Gasteiger partial charge on any atom is 0.264 e. The van der Waals surface area contributed by atoms with Gasteiger partial charge >= 0.3 is 0 Å². The van der Waals surface area contributed by atoms with Crippen LogP contribution in [-0.2, 0) is 26.5 Å². The van der Waals surface area contributed by atoms with E-state index in [1.807, 2.05) is 92.8 Å². The van der Waals surface area contributed by atoms with Crippen LogP contribution in [0.2, 0.25) is 18.6 Å². The molecule has 4 atom stereocenters. The van der Waals surface area contributed by atoms with Gasteiger partial charge in [0.25, 0.3) is 5.91 Å². The number of hydrogen-bond acceptors (Lipinski definition) is 6. The molecule has 3 aromatic carbocycles. The monoisotopic (exact) mass is 560 g/mol. The summed E-state index contributed by atoms with van der Waals surface area (Å²) in [5, 5.41) is 9.78. The fourth-order valence-electron chi connectivity index (χ4n) is 6.54. The van der Waals surface area contributed by atoms with Gasteiger partial charge in [-0.2, -0.15) is 0 Å². The van der Waals surface area contributed by atoms with Crippen LogP contribution in [0.1, 0.15) is 24.5 Å². The number of anilines is 3. The van der Waals surface area contributed by atoms with E-state index >= 15 is 0 Å². The molecular weight excluding hydrogens is 524 g/mol. The lowest BCUT2D eigenvalue weighted by Gasteiger charge is -2.32. The Morgan fingerprint density at radius 2 is 1.75 bits per heavy atom. The Balaban J connectivity index is 1.51. The van der Waals surface area contributed by atoms with E-state index in [4.69, 9.17) is 9.47 Å². The van der Waals surface area contributed by atoms with Gasteiger partial charge in [0.15, 0.2) is 13.9 Å². The lowest BCUT2D eigenvalue weighted by molar-refractivity contribution is -0.146. The van der Waals surface area contributed by atoms with Crippen LogP contribution in [0, 0.1) is 5.92 Å². The second kappa shape index (κ2) is 10.8. The molecule has 0 aliphatic carbocycles. The van der Waals surface area contributed by atoms with Crippen LogP contribution in [0.25, 0.3) is 0 Å². The Morgan fingerprint density at radius 3 is 2.35 bits per heavy atom. The average Bonchev–Trinajstić information content (AvgIpc) is 3.37. The summed E-state index contributed by atoms with van der Waals surface area (Å²) in [5.74, 6) is 0.119. The second-order valence-corrected chi connectivity index (χ2v) is 15.1. The number of methoxy groups -OCH3 is 1. The molecule has 1 fully saturated rings. The highest BCUT2D eigenvalue weighted by atomic mass is 28.4. The van der Waals surface area contributed by atoms with E-state index in [0.717, 1.165) is 34.6 Å². The first-order valence-electron chi connectivity index (χ1n) is 13.6. The molecule has 0 unspecified atom stereocenters. The number of benzene rings is 3. The Kier molecular flexibility index (Phi) is 7.58. The first-order valence-corrected chi connectivity index (χ1v) is 16.6. The van der Waals surface area contributed by atoms with E-state index in [1.165, 1.54) is 0 Å². The predicted molar refractivity (Wildman–Crippen MR) is 156 cm³/mol. The van der Waals surface area contributed by atoms with Gasteiger partial charge in [-0.3, -0.25) is 14.5 Å². The number of para-hydroxylation sites is 1. The molecule has 8 nitrogen and oxygen atoms in total. The zero-order chi connectivity index (χ0) is 28.7. The Labute approximate surface area is 235 Å². The summed E-state index contributed by atoms with van der Waals surface area (Å²) in [5.41, 5.74) is 2.30. The first kappa shape index (κ1) is 28.0. The number of carbonyl (C=O) groups excluding carboxylic acids is 2. The van der Waals surface area contributed by atoms with Crippen molar-refractivity contribution in [3.05, 3.63) is 83.9 Å². The highest BCUT2D eigenvalue weighted by Crippen LogP contribution is 2.60. The maximum absolute atomic E-state index is 14.4. The number of amides is 2. The summed E-state index contributed by atoms with van der Waals surface area (Å²) in [6.07, 6.45) is 0.684. The van der Waals surface area contributed by atoms with Crippen LogP contribution >= 0.6 is 0 Å². The van der Waals surface area contributed by atoms with Crippen LogP contribution in [-0.4, -0.2) is 50.4 Å². The van der Waals surface area contributed by atoms with Crippen molar-refractivity contribution in [3.8, 4) is 5.75 Å². The molecule has 3 aromatic rings. The molecule has 2 amide bonds. The average molecular weight is 561 g/mol. The topological polar surface area (TPSA) is 99.5 Å². The van der Waals surface area contributed by atoms with E-state index in [-0.39, 0.29) is 24.0 Å². The Hall–Kier alpha value is -3.50. The molecule has 210 valence electrons. The van der Waals surface area contributed by atoms with Crippen molar-refractivity contribution in [2.45, 2.75) is 50.2 Å². The third-order valence-corrected chi connectivity index (χ3v) is 10.8. The van der Waals surface area contributed by atoms with E-state index in [0.29, 0.717) is 18.7 Å². The molecule has 0 bridgehead atoms. The van der Waals surface area contributed by atoms with Gasteiger partial charge in [-0.1, -0.05) is 37.3 Å². The fourth-order valence-corrected chi connectivity index (χ4v) is 9.14. The summed E-state index contributed by atoms with van der Waals surface area (Å²) < 4.78 is 12.2. The second-order valence-electron chi connectivity index (χ2n) is 11.1. The van der Waals surface area contributed by atoms with E-state index in [2.05, 4.69) is 0 Å². The van der Waals surface area contributed by atoms with Crippen LogP contribution < -0.4 is 14.5 Å². The van der Waals surface area contributed by atoms with Crippen molar-refractivity contribution in [1.29, 1.82) is 0 Å².